The van der Waals surface area contributed by atoms with Gasteiger partial charge in [0.1, 0.15) is 5.75 Å². The lowest BCUT2D eigenvalue weighted by molar-refractivity contribution is -0.384. The van der Waals surface area contributed by atoms with Gasteiger partial charge in [0.15, 0.2) is 12.4 Å². The highest BCUT2D eigenvalue weighted by Crippen LogP contribution is 2.26. The normalized spacial score (nSPS) is 10.2. The first-order valence-corrected chi connectivity index (χ1v) is 7.78. The van der Waals surface area contributed by atoms with Gasteiger partial charge in [-0.05, 0) is 30.3 Å². The maximum absolute atomic E-state index is 11.9. The first-order chi connectivity index (χ1) is 11.9. The molecule has 2 rings (SSSR count). The van der Waals surface area contributed by atoms with Crippen LogP contribution in [0.15, 0.2) is 42.5 Å². The van der Waals surface area contributed by atoms with Crippen molar-refractivity contribution in [3.8, 4) is 5.75 Å². The summed E-state index contributed by atoms with van der Waals surface area (Å²) in [6.45, 7) is 1.47. The monoisotopic (exact) mass is 362 g/mol. The van der Waals surface area contributed by atoms with Crippen LogP contribution in [0.25, 0.3) is 0 Å². The molecule has 2 aromatic carbocycles. The Hall–Kier alpha value is -2.93. The SMILES string of the molecule is CCC(=O)c1ccc(OCC(=O)Nc2cc([N+](=O)[O-])ccc2Cl)cc1. The van der Waals surface area contributed by atoms with Crippen LogP contribution in [0.5, 0.6) is 5.75 Å². The molecule has 0 bridgehead atoms. The Kier molecular flexibility index (Phi) is 6.08. The summed E-state index contributed by atoms with van der Waals surface area (Å²) in [5.41, 5.74) is 0.521. The number of hydrogen-bond donors (Lipinski definition) is 1. The van der Waals surface area contributed by atoms with Crippen molar-refractivity contribution < 1.29 is 19.2 Å². The van der Waals surface area contributed by atoms with E-state index in [1.165, 1.54) is 18.2 Å². The van der Waals surface area contributed by atoms with Crippen molar-refractivity contribution in [3.05, 3.63) is 63.2 Å². The van der Waals surface area contributed by atoms with Gasteiger partial charge in [0.05, 0.1) is 15.6 Å². The molecule has 0 aliphatic rings. The number of rotatable bonds is 7. The van der Waals surface area contributed by atoms with Crippen molar-refractivity contribution in [2.75, 3.05) is 11.9 Å². The number of anilines is 1. The quantitative estimate of drug-likeness (QED) is 0.458. The van der Waals surface area contributed by atoms with E-state index in [0.717, 1.165) is 0 Å². The molecule has 25 heavy (non-hydrogen) atoms. The predicted octanol–water partition coefficient (Wildman–Crippen LogP) is 3.86. The molecule has 0 fully saturated rings. The maximum atomic E-state index is 11.9. The average molecular weight is 363 g/mol. The molecule has 0 unspecified atom stereocenters. The molecule has 0 heterocycles. The minimum absolute atomic E-state index is 0.0182. The number of carbonyl (C=O) groups excluding carboxylic acids is 2. The van der Waals surface area contributed by atoms with E-state index in [1.807, 2.05) is 0 Å². The van der Waals surface area contributed by atoms with Gasteiger partial charge in [0.25, 0.3) is 11.6 Å². The van der Waals surface area contributed by atoms with E-state index in [2.05, 4.69) is 5.32 Å². The molecule has 7 nitrogen and oxygen atoms in total. The predicted molar refractivity (Wildman–Crippen MR) is 93.3 cm³/mol. The van der Waals surface area contributed by atoms with Gasteiger partial charge in [-0.15, -0.1) is 0 Å². The topological polar surface area (TPSA) is 98.5 Å². The first kappa shape index (κ1) is 18.4. The zero-order valence-electron chi connectivity index (χ0n) is 13.3. The first-order valence-electron chi connectivity index (χ1n) is 7.40. The zero-order chi connectivity index (χ0) is 18.4. The van der Waals surface area contributed by atoms with E-state index < -0.39 is 10.8 Å². The Labute approximate surface area is 148 Å². The van der Waals surface area contributed by atoms with Crippen LogP contribution >= 0.6 is 11.6 Å². The van der Waals surface area contributed by atoms with E-state index in [-0.39, 0.29) is 28.8 Å². The molecule has 0 aromatic heterocycles. The molecular formula is C17H15ClN2O5. The smallest absolute Gasteiger partial charge is 0.271 e. The van der Waals surface area contributed by atoms with E-state index >= 15 is 0 Å². The van der Waals surface area contributed by atoms with E-state index in [4.69, 9.17) is 16.3 Å². The Morgan fingerprint density at radius 2 is 1.88 bits per heavy atom. The van der Waals surface area contributed by atoms with Crippen LogP contribution in [0.4, 0.5) is 11.4 Å². The van der Waals surface area contributed by atoms with E-state index in [1.54, 1.807) is 31.2 Å². The molecular weight excluding hydrogens is 348 g/mol. The summed E-state index contributed by atoms with van der Waals surface area (Å²) in [4.78, 5) is 33.6. The Morgan fingerprint density at radius 1 is 1.20 bits per heavy atom. The average Bonchev–Trinajstić information content (AvgIpc) is 2.61. The number of hydrogen-bond acceptors (Lipinski definition) is 5. The molecule has 0 spiro atoms. The summed E-state index contributed by atoms with van der Waals surface area (Å²) < 4.78 is 5.33. The van der Waals surface area contributed by atoms with Crippen molar-refractivity contribution in [3.63, 3.8) is 0 Å². The fourth-order valence-corrected chi connectivity index (χ4v) is 2.16. The van der Waals surface area contributed by atoms with Gasteiger partial charge in [-0.1, -0.05) is 18.5 Å². The third-order valence-corrected chi connectivity index (χ3v) is 3.63. The van der Waals surface area contributed by atoms with Gasteiger partial charge < -0.3 is 10.1 Å². The number of carbonyl (C=O) groups is 2. The highest BCUT2D eigenvalue weighted by atomic mass is 35.5. The third-order valence-electron chi connectivity index (χ3n) is 3.30. The standard InChI is InChI=1S/C17H15ClN2O5/c1-2-16(21)11-3-6-13(7-4-11)25-10-17(22)19-15-9-12(20(23)24)5-8-14(15)18/h3-9H,2,10H2,1H3,(H,19,22). The Balaban J connectivity index is 1.96. The van der Waals surface area contributed by atoms with Crippen LogP contribution in [0.1, 0.15) is 23.7 Å². The second-order valence-electron chi connectivity index (χ2n) is 5.06. The highest BCUT2D eigenvalue weighted by molar-refractivity contribution is 6.33. The molecule has 0 aliphatic carbocycles. The largest absolute Gasteiger partial charge is 0.484 e. The summed E-state index contributed by atoms with van der Waals surface area (Å²) in [7, 11) is 0. The van der Waals surface area contributed by atoms with Gasteiger partial charge in [-0.25, -0.2) is 0 Å². The second-order valence-corrected chi connectivity index (χ2v) is 5.47. The summed E-state index contributed by atoms with van der Waals surface area (Å²) in [6, 6.07) is 10.2. The lowest BCUT2D eigenvalue weighted by atomic mass is 10.1. The van der Waals surface area contributed by atoms with Gasteiger partial charge in [-0.3, -0.25) is 19.7 Å². The molecule has 0 radical (unpaired) electrons. The summed E-state index contributed by atoms with van der Waals surface area (Å²) in [5, 5.41) is 13.4. The number of halogens is 1. The van der Waals surface area contributed by atoms with Crippen molar-refractivity contribution >= 4 is 34.7 Å². The third kappa shape index (κ3) is 5.02. The molecule has 130 valence electrons. The Morgan fingerprint density at radius 3 is 2.48 bits per heavy atom. The molecule has 1 amide bonds. The van der Waals surface area contributed by atoms with E-state index in [0.29, 0.717) is 17.7 Å². The number of non-ortho nitro benzene ring substituents is 1. The van der Waals surface area contributed by atoms with Crippen LogP contribution < -0.4 is 10.1 Å². The summed E-state index contributed by atoms with van der Waals surface area (Å²) >= 11 is 5.91. The highest BCUT2D eigenvalue weighted by Gasteiger charge is 2.12. The maximum Gasteiger partial charge on any atom is 0.271 e. The van der Waals surface area contributed by atoms with Gasteiger partial charge in [0, 0.05) is 24.1 Å². The zero-order valence-corrected chi connectivity index (χ0v) is 14.1. The number of nitrogens with zero attached hydrogens (tertiary/aromatic N) is 1. The lowest BCUT2D eigenvalue weighted by Gasteiger charge is -2.09. The summed E-state index contributed by atoms with van der Waals surface area (Å²) in [5.74, 6) is -0.0753. The minimum atomic E-state index is -0.582. The van der Waals surface area contributed by atoms with E-state index in [9.17, 15) is 19.7 Å². The second kappa shape index (κ2) is 8.25. The van der Waals surface area contributed by atoms with Crippen LogP contribution in [0.3, 0.4) is 0 Å². The number of nitrogens with one attached hydrogen (secondary N) is 1. The molecule has 2 aromatic rings. The minimum Gasteiger partial charge on any atom is -0.484 e. The van der Waals surface area contributed by atoms with Gasteiger partial charge in [-0.2, -0.15) is 0 Å². The van der Waals surface area contributed by atoms with Gasteiger partial charge in [0.2, 0.25) is 0 Å². The number of ether oxygens (including phenoxy) is 1. The molecule has 8 heteroatoms. The number of nitro groups is 1. The lowest BCUT2D eigenvalue weighted by Crippen LogP contribution is -2.20. The van der Waals surface area contributed by atoms with Crippen molar-refractivity contribution in [2.45, 2.75) is 13.3 Å². The van der Waals surface area contributed by atoms with Crippen LogP contribution in [0, 0.1) is 10.1 Å². The number of benzene rings is 2. The number of Topliss-reactive ketones (excluding diaryl/α,β-unsaturated/α-hetero) is 1. The van der Waals surface area contributed by atoms with Crippen LogP contribution in [-0.2, 0) is 4.79 Å². The molecule has 0 aliphatic heterocycles. The van der Waals surface area contributed by atoms with Crippen molar-refractivity contribution in [2.24, 2.45) is 0 Å². The van der Waals surface area contributed by atoms with Crippen molar-refractivity contribution in [1.29, 1.82) is 0 Å². The molecule has 0 atom stereocenters. The number of ketones is 1. The Bertz CT molecular complexity index is 805. The summed E-state index contributed by atoms with van der Waals surface area (Å²) in [6.07, 6.45) is 0.409. The number of nitro benzene ring substituents is 1. The number of amides is 1. The van der Waals surface area contributed by atoms with Crippen molar-refractivity contribution in [1.82, 2.24) is 0 Å². The molecule has 1 N–H and O–H groups in total. The molecule has 0 saturated carbocycles. The molecule has 0 saturated heterocycles. The fraction of sp³-hybridized carbons (Fsp3) is 0.176. The van der Waals surface area contributed by atoms with Gasteiger partial charge >= 0.3 is 0 Å². The fourth-order valence-electron chi connectivity index (χ4n) is 2.00. The van der Waals surface area contributed by atoms with Crippen LogP contribution in [0.2, 0.25) is 5.02 Å². The van der Waals surface area contributed by atoms with Crippen LogP contribution in [-0.4, -0.2) is 23.2 Å².